The van der Waals surface area contributed by atoms with Gasteiger partial charge in [-0.25, -0.2) is 4.98 Å². The minimum atomic E-state index is 0.914. The van der Waals surface area contributed by atoms with Crippen molar-refractivity contribution < 1.29 is 4.42 Å². The van der Waals surface area contributed by atoms with Crippen LogP contribution in [0, 0.1) is 0 Å². The topological polar surface area (TPSA) is 30.4 Å². The third kappa shape index (κ3) is 2.23. The average molecular weight is 465 g/mol. The molecule has 0 aliphatic carbocycles. The molecule has 0 unspecified atom stereocenters. The number of thiophene rings is 1. The van der Waals surface area contributed by atoms with Crippen LogP contribution in [0.4, 0.5) is 0 Å². The maximum absolute atomic E-state index is 6.29. The molecular formula is C31H16N2OS. The highest BCUT2D eigenvalue weighted by molar-refractivity contribution is 7.25. The number of imidazole rings is 1. The number of rotatable bonds is 0. The van der Waals surface area contributed by atoms with Crippen molar-refractivity contribution in [3.63, 3.8) is 0 Å². The number of para-hydroxylation sites is 3. The fraction of sp³-hybridized carbons (Fsp3) is 0. The van der Waals surface area contributed by atoms with Crippen LogP contribution in [0.15, 0.2) is 101 Å². The van der Waals surface area contributed by atoms with Crippen molar-refractivity contribution in [1.29, 1.82) is 0 Å². The highest BCUT2D eigenvalue weighted by atomic mass is 32.1. The Labute approximate surface area is 202 Å². The number of furan rings is 1. The summed E-state index contributed by atoms with van der Waals surface area (Å²) in [7, 11) is 0. The van der Waals surface area contributed by atoms with E-state index in [1.54, 1.807) is 0 Å². The van der Waals surface area contributed by atoms with E-state index in [2.05, 4.69) is 89.3 Å². The Hall–Kier alpha value is -4.41. The summed E-state index contributed by atoms with van der Waals surface area (Å²) in [5.74, 6) is 0. The maximum atomic E-state index is 6.29. The minimum absolute atomic E-state index is 0.914. The van der Waals surface area contributed by atoms with Gasteiger partial charge in [0.1, 0.15) is 16.8 Å². The number of fused-ring (bicyclic) bond motifs is 14. The Balaban J connectivity index is 1.60. The lowest BCUT2D eigenvalue weighted by atomic mass is 10.0. The summed E-state index contributed by atoms with van der Waals surface area (Å²) >= 11 is 1.86. The lowest BCUT2D eigenvalue weighted by Gasteiger charge is -2.10. The second-order valence-corrected chi connectivity index (χ2v) is 10.3. The first-order valence-corrected chi connectivity index (χ1v) is 12.5. The molecule has 0 fully saturated rings. The first kappa shape index (κ1) is 18.0. The molecule has 9 aromatic rings. The van der Waals surface area contributed by atoms with Crippen molar-refractivity contribution in [2.45, 2.75) is 0 Å². The van der Waals surface area contributed by atoms with Gasteiger partial charge in [0.05, 0.1) is 16.6 Å². The van der Waals surface area contributed by atoms with Crippen LogP contribution in [0.2, 0.25) is 0 Å². The predicted octanol–water partition coefficient (Wildman–Crippen LogP) is 9.06. The van der Waals surface area contributed by atoms with Gasteiger partial charge in [-0.1, -0.05) is 48.5 Å². The summed E-state index contributed by atoms with van der Waals surface area (Å²) in [5, 5.41) is 8.41. The minimum Gasteiger partial charge on any atom is -0.456 e. The van der Waals surface area contributed by atoms with Gasteiger partial charge in [0.15, 0.2) is 0 Å². The van der Waals surface area contributed by atoms with Gasteiger partial charge in [0.2, 0.25) is 0 Å². The molecule has 0 atom stereocenters. The second-order valence-electron chi connectivity index (χ2n) is 9.22. The van der Waals surface area contributed by atoms with Crippen LogP contribution in [0.25, 0.3) is 80.5 Å². The number of hydrogen-bond acceptors (Lipinski definition) is 3. The summed E-state index contributed by atoms with van der Waals surface area (Å²) in [6, 6.07) is 34.6. The normalized spacial score (nSPS) is 12.6. The average Bonchev–Trinajstić information content (AvgIpc) is 3.57. The van der Waals surface area contributed by atoms with Gasteiger partial charge in [-0.3, -0.25) is 4.40 Å². The van der Waals surface area contributed by atoms with Crippen LogP contribution in [-0.2, 0) is 0 Å². The number of hydrogen-bond donors (Lipinski definition) is 0. The van der Waals surface area contributed by atoms with E-state index in [0.29, 0.717) is 0 Å². The Bertz CT molecular complexity index is 2330. The van der Waals surface area contributed by atoms with Crippen molar-refractivity contribution in [2.24, 2.45) is 0 Å². The molecule has 0 aliphatic heterocycles. The van der Waals surface area contributed by atoms with Crippen LogP contribution in [0.3, 0.4) is 0 Å². The quantitative estimate of drug-likeness (QED) is 0.210. The van der Waals surface area contributed by atoms with Gasteiger partial charge in [0.25, 0.3) is 0 Å². The zero-order chi connectivity index (χ0) is 22.7. The highest BCUT2D eigenvalue weighted by Gasteiger charge is 2.18. The summed E-state index contributed by atoms with van der Waals surface area (Å²) < 4.78 is 11.2. The summed E-state index contributed by atoms with van der Waals surface area (Å²) in [6.45, 7) is 0. The molecule has 5 aromatic carbocycles. The van der Waals surface area contributed by atoms with Gasteiger partial charge in [-0.2, -0.15) is 0 Å². The molecule has 0 bridgehead atoms. The molecule has 35 heavy (non-hydrogen) atoms. The molecule has 3 nitrogen and oxygen atoms in total. The molecule has 162 valence electrons. The van der Waals surface area contributed by atoms with E-state index in [1.165, 1.54) is 36.5 Å². The van der Waals surface area contributed by atoms with Crippen molar-refractivity contribution in [1.82, 2.24) is 9.38 Å². The third-order valence-corrected chi connectivity index (χ3v) is 8.48. The van der Waals surface area contributed by atoms with E-state index in [9.17, 15) is 0 Å². The summed E-state index contributed by atoms with van der Waals surface area (Å²) in [6.07, 6.45) is 0. The molecule has 0 radical (unpaired) electrons. The SMILES string of the molecule is c1ccc2c(c1)nc1c3cc4c(cc3c3cc5sc6ccccc6c5cc3n21)oc1ccccc14. The van der Waals surface area contributed by atoms with Crippen molar-refractivity contribution in [2.75, 3.05) is 0 Å². The van der Waals surface area contributed by atoms with E-state index in [0.717, 1.165) is 44.0 Å². The van der Waals surface area contributed by atoms with Crippen LogP contribution >= 0.6 is 11.3 Å². The molecule has 4 heteroatoms. The Kier molecular flexibility index (Phi) is 3.17. The zero-order valence-corrected chi connectivity index (χ0v) is 19.3. The fourth-order valence-corrected chi connectivity index (χ4v) is 6.92. The van der Waals surface area contributed by atoms with Gasteiger partial charge >= 0.3 is 0 Å². The van der Waals surface area contributed by atoms with Gasteiger partial charge in [-0.15, -0.1) is 11.3 Å². The number of benzene rings is 5. The predicted molar refractivity (Wildman–Crippen MR) is 148 cm³/mol. The van der Waals surface area contributed by atoms with E-state index in [1.807, 2.05) is 23.5 Å². The van der Waals surface area contributed by atoms with Gasteiger partial charge in [0, 0.05) is 41.7 Å². The van der Waals surface area contributed by atoms with Gasteiger partial charge < -0.3 is 4.42 Å². The second kappa shape index (κ2) is 6.17. The van der Waals surface area contributed by atoms with Crippen molar-refractivity contribution in [3.05, 3.63) is 97.1 Å². The number of aromatic nitrogens is 2. The molecule has 4 aromatic heterocycles. The Morgan fingerprint density at radius 1 is 0.543 bits per heavy atom. The van der Waals surface area contributed by atoms with Gasteiger partial charge in [-0.05, 0) is 53.9 Å². The van der Waals surface area contributed by atoms with Crippen molar-refractivity contribution >= 4 is 91.8 Å². The Morgan fingerprint density at radius 2 is 1.37 bits per heavy atom. The molecule has 0 saturated carbocycles. The van der Waals surface area contributed by atoms with Crippen LogP contribution < -0.4 is 0 Å². The summed E-state index contributed by atoms with van der Waals surface area (Å²) in [4.78, 5) is 5.13. The maximum Gasteiger partial charge on any atom is 0.146 e. The number of pyridine rings is 1. The molecule has 0 saturated heterocycles. The van der Waals surface area contributed by atoms with Crippen LogP contribution in [0.1, 0.15) is 0 Å². The standard InChI is InChI=1S/C31H16N2OS/c1-5-11-27-17(7-1)21-13-23-19(15-28(21)34-27)20-16-30-22(18-8-2-6-12-29(18)35-30)14-26(20)33-25-10-4-3-9-24(25)32-31(23)33/h1-16H. The third-order valence-electron chi connectivity index (χ3n) is 7.34. The molecule has 0 N–H and O–H groups in total. The fourth-order valence-electron chi connectivity index (χ4n) is 5.79. The zero-order valence-electron chi connectivity index (χ0n) is 18.4. The lowest BCUT2D eigenvalue weighted by Crippen LogP contribution is -1.91. The van der Waals surface area contributed by atoms with Crippen LogP contribution in [0.5, 0.6) is 0 Å². The Morgan fingerprint density at radius 3 is 2.34 bits per heavy atom. The van der Waals surface area contributed by atoms with E-state index in [4.69, 9.17) is 9.40 Å². The molecule has 0 spiro atoms. The monoisotopic (exact) mass is 464 g/mol. The summed E-state index contributed by atoms with van der Waals surface area (Å²) in [5.41, 5.74) is 6.13. The largest absolute Gasteiger partial charge is 0.456 e. The van der Waals surface area contributed by atoms with E-state index >= 15 is 0 Å². The van der Waals surface area contributed by atoms with Crippen LogP contribution in [-0.4, -0.2) is 9.38 Å². The molecule has 0 aliphatic rings. The smallest absolute Gasteiger partial charge is 0.146 e. The highest BCUT2D eigenvalue weighted by Crippen LogP contribution is 2.42. The molecular weight excluding hydrogens is 448 g/mol. The molecule has 4 heterocycles. The number of nitrogens with zero attached hydrogens (tertiary/aromatic N) is 2. The molecule has 0 amide bonds. The van der Waals surface area contributed by atoms with E-state index < -0.39 is 0 Å². The first-order valence-electron chi connectivity index (χ1n) is 11.7. The van der Waals surface area contributed by atoms with Crippen molar-refractivity contribution in [3.8, 4) is 0 Å². The van der Waals surface area contributed by atoms with E-state index in [-0.39, 0.29) is 0 Å². The lowest BCUT2D eigenvalue weighted by molar-refractivity contribution is 0.669. The first-order chi connectivity index (χ1) is 17.3. The molecule has 9 rings (SSSR count).